The van der Waals surface area contributed by atoms with Crippen molar-refractivity contribution in [3.05, 3.63) is 87.4 Å². The summed E-state index contributed by atoms with van der Waals surface area (Å²) in [5.41, 5.74) is 3.14. The van der Waals surface area contributed by atoms with Crippen LogP contribution in [0.15, 0.2) is 76.3 Å². The molecule has 174 valence electrons. The molecular weight excluding hydrogens is 526 g/mol. The number of rotatable bonds is 7. The first-order valence-corrected chi connectivity index (χ1v) is 11.2. The molecule has 10 heteroatoms. The highest BCUT2D eigenvalue weighted by atomic mass is 79.9. The molecule has 3 rings (SSSR count). The van der Waals surface area contributed by atoms with Crippen LogP contribution in [0.4, 0.5) is 5.69 Å². The molecule has 0 heterocycles. The molecule has 0 fully saturated rings. The van der Waals surface area contributed by atoms with E-state index in [1.165, 1.54) is 6.21 Å². The highest BCUT2D eigenvalue weighted by molar-refractivity contribution is 9.10. The van der Waals surface area contributed by atoms with Gasteiger partial charge in [0.1, 0.15) is 11.5 Å². The molecular formula is C24H19BrClN3O5. The summed E-state index contributed by atoms with van der Waals surface area (Å²) in [5, 5.41) is 6.48. The van der Waals surface area contributed by atoms with Gasteiger partial charge in [0.15, 0.2) is 0 Å². The van der Waals surface area contributed by atoms with Crippen molar-refractivity contribution in [1.82, 2.24) is 5.43 Å². The Kier molecular flexibility index (Phi) is 8.78. The number of esters is 1. The normalized spacial score (nSPS) is 10.6. The van der Waals surface area contributed by atoms with Crippen molar-refractivity contribution in [1.29, 1.82) is 0 Å². The van der Waals surface area contributed by atoms with Gasteiger partial charge in [-0.15, -0.1) is 0 Å². The number of hydrogen-bond donors (Lipinski definition) is 2. The average Bonchev–Trinajstić information content (AvgIpc) is 2.82. The Hall–Kier alpha value is -3.69. The summed E-state index contributed by atoms with van der Waals surface area (Å²) in [6.45, 7) is 2.39. The van der Waals surface area contributed by atoms with E-state index in [9.17, 15) is 14.4 Å². The fourth-order valence-electron chi connectivity index (χ4n) is 2.68. The van der Waals surface area contributed by atoms with Crippen molar-refractivity contribution >= 4 is 57.2 Å². The number of nitrogens with one attached hydrogen (secondary N) is 2. The summed E-state index contributed by atoms with van der Waals surface area (Å²) in [6, 6.07) is 17.9. The maximum absolute atomic E-state index is 12.5. The molecule has 2 amide bonds. The number of carbonyl (C=O) groups is 3. The summed E-state index contributed by atoms with van der Waals surface area (Å²) in [7, 11) is 0. The van der Waals surface area contributed by atoms with Gasteiger partial charge in [-0.05, 0) is 61.5 Å². The molecule has 0 unspecified atom stereocenters. The third-order valence-electron chi connectivity index (χ3n) is 4.27. The van der Waals surface area contributed by atoms with Crippen molar-refractivity contribution in [3.63, 3.8) is 0 Å². The number of halogens is 2. The molecule has 34 heavy (non-hydrogen) atoms. The van der Waals surface area contributed by atoms with Crippen LogP contribution in [0, 0.1) is 0 Å². The number of hydrazone groups is 1. The van der Waals surface area contributed by atoms with Crippen LogP contribution < -0.4 is 20.2 Å². The second-order valence-electron chi connectivity index (χ2n) is 6.66. The zero-order chi connectivity index (χ0) is 24.5. The number of hydrogen-bond acceptors (Lipinski definition) is 6. The van der Waals surface area contributed by atoms with E-state index in [1.54, 1.807) is 66.7 Å². The van der Waals surface area contributed by atoms with Gasteiger partial charge in [-0.1, -0.05) is 39.7 Å². The molecule has 0 saturated heterocycles. The van der Waals surface area contributed by atoms with Gasteiger partial charge in [-0.25, -0.2) is 10.2 Å². The van der Waals surface area contributed by atoms with E-state index in [0.717, 1.165) is 0 Å². The molecule has 0 bridgehead atoms. The molecule has 0 aromatic heterocycles. The zero-order valence-corrected chi connectivity index (χ0v) is 20.2. The minimum atomic E-state index is -1.00. The van der Waals surface area contributed by atoms with E-state index in [-0.39, 0.29) is 5.75 Å². The van der Waals surface area contributed by atoms with Crippen LogP contribution in [0.25, 0.3) is 0 Å². The first-order valence-electron chi connectivity index (χ1n) is 10.0. The van der Waals surface area contributed by atoms with Gasteiger partial charge in [0.05, 0.1) is 29.1 Å². The van der Waals surface area contributed by atoms with E-state index in [2.05, 4.69) is 31.8 Å². The van der Waals surface area contributed by atoms with Crippen LogP contribution in [-0.4, -0.2) is 30.6 Å². The maximum atomic E-state index is 12.5. The van der Waals surface area contributed by atoms with Gasteiger partial charge >= 0.3 is 17.8 Å². The second kappa shape index (κ2) is 12.0. The summed E-state index contributed by atoms with van der Waals surface area (Å²) in [6.07, 6.45) is 1.26. The first-order chi connectivity index (χ1) is 16.4. The van der Waals surface area contributed by atoms with Crippen molar-refractivity contribution in [2.75, 3.05) is 11.9 Å². The van der Waals surface area contributed by atoms with E-state index in [4.69, 9.17) is 21.1 Å². The van der Waals surface area contributed by atoms with Crippen LogP contribution in [0.2, 0.25) is 5.02 Å². The lowest BCUT2D eigenvalue weighted by Gasteiger charge is -2.09. The Morgan fingerprint density at radius 2 is 1.76 bits per heavy atom. The van der Waals surface area contributed by atoms with Crippen LogP contribution in [0.5, 0.6) is 11.5 Å². The summed E-state index contributed by atoms with van der Waals surface area (Å²) in [4.78, 5) is 36.6. The molecule has 0 saturated carbocycles. The smallest absolute Gasteiger partial charge is 0.343 e. The first kappa shape index (κ1) is 24.9. The van der Waals surface area contributed by atoms with Crippen molar-refractivity contribution in [2.45, 2.75) is 6.92 Å². The Morgan fingerprint density at radius 1 is 1.03 bits per heavy atom. The topological polar surface area (TPSA) is 106 Å². The van der Waals surface area contributed by atoms with E-state index >= 15 is 0 Å². The number of ether oxygens (including phenoxy) is 2. The standard InChI is InChI=1S/C24H19BrClN3O5/c1-2-33-18-10-7-15(8-11-18)24(32)34-21-12-9-17(25)13-16(21)14-27-29-23(31)22(30)28-20-6-4-3-5-19(20)26/h3-14H,2H2,1H3,(H,28,30)(H,29,31). The Bertz CT molecular complexity index is 1230. The van der Waals surface area contributed by atoms with Gasteiger partial charge in [0, 0.05) is 10.0 Å². The lowest BCUT2D eigenvalue weighted by molar-refractivity contribution is -0.136. The highest BCUT2D eigenvalue weighted by Crippen LogP contribution is 2.23. The highest BCUT2D eigenvalue weighted by Gasteiger charge is 2.15. The number of benzene rings is 3. The van der Waals surface area contributed by atoms with Gasteiger partial charge in [-0.2, -0.15) is 5.10 Å². The van der Waals surface area contributed by atoms with E-state index in [1.807, 2.05) is 6.92 Å². The van der Waals surface area contributed by atoms with Crippen LogP contribution in [-0.2, 0) is 9.59 Å². The van der Waals surface area contributed by atoms with Gasteiger partial charge in [-0.3, -0.25) is 9.59 Å². The van der Waals surface area contributed by atoms with Crippen molar-refractivity contribution < 1.29 is 23.9 Å². The molecule has 0 spiro atoms. The van der Waals surface area contributed by atoms with Crippen molar-refractivity contribution in [3.8, 4) is 11.5 Å². The second-order valence-corrected chi connectivity index (χ2v) is 7.99. The fourth-order valence-corrected chi connectivity index (χ4v) is 3.24. The van der Waals surface area contributed by atoms with Gasteiger partial charge in [0.25, 0.3) is 0 Å². The largest absolute Gasteiger partial charge is 0.494 e. The predicted molar refractivity (Wildman–Crippen MR) is 133 cm³/mol. The number of nitrogens with zero attached hydrogens (tertiary/aromatic N) is 1. The number of amides is 2. The Morgan fingerprint density at radius 3 is 2.47 bits per heavy atom. The summed E-state index contributed by atoms with van der Waals surface area (Å²) in [5.74, 6) is -1.67. The predicted octanol–water partition coefficient (Wildman–Crippen LogP) is 4.81. The summed E-state index contributed by atoms with van der Waals surface area (Å²) < 4.78 is 11.5. The molecule has 0 aliphatic heterocycles. The SMILES string of the molecule is CCOc1ccc(C(=O)Oc2ccc(Br)cc2C=NNC(=O)C(=O)Nc2ccccc2Cl)cc1. The lowest BCUT2D eigenvalue weighted by atomic mass is 10.2. The van der Waals surface area contributed by atoms with E-state index in [0.29, 0.717) is 38.7 Å². The molecule has 0 aliphatic rings. The Labute approximate surface area is 209 Å². The number of carbonyl (C=O) groups excluding carboxylic acids is 3. The quantitative estimate of drug-likeness (QED) is 0.146. The Balaban J connectivity index is 1.66. The van der Waals surface area contributed by atoms with Crippen molar-refractivity contribution in [2.24, 2.45) is 5.10 Å². The van der Waals surface area contributed by atoms with E-state index < -0.39 is 17.8 Å². The summed E-state index contributed by atoms with van der Waals surface area (Å²) >= 11 is 9.31. The molecule has 3 aromatic rings. The molecule has 0 aliphatic carbocycles. The molecule has 2 N–H and O–H groups in total. The molecule has 0 radical (unpaired) electrons. The molecule has 0 atom stereocenters. The third kappa shape index (κ3) is 6.90. The minimum Gasteiger partial charge on any atom is -0.494 e. The zero-order valence-electron chi connectivity index (χ0n) is 17.9. The van der Waals surface area contributed by atoms with Crippen LogP contribution in [0.1, 0.15) is 22.8 Å². The molecule has 8 nitrogen and oxygen atoms in total. The van der Waals surface area contributed by atoms with Crippen LogP contribution in [0.3, 0.4) is 0 Å². The average molecular weight is 545 g/mol. The van der Waals surface area contributed by atoms with Gasteiger partial charge in [0.2, 0.25) is 0 Å². The third-order valence-corrected chi connectivity index (χ3v) is 5.10. The molecule has 3 aromatic carbocycles. The maximum Gasteiger partial charge on any atom is 0.343 e. The number of para-hydroxylation sites is 1. The minimum absolute atomic E-state index is 0.209. The fraction of sp³-hybridized carbons (Fsp3) is 0.0833. The van der Waals surface area contributed by atoms with Crippen LogP contribution >= 0.6 is 27.5 Å². The van der Waals surface area contributed by atoms with Gasteiger partial charge < -0.3 is 14.8 Å². The number of anilines is 1. The lowest BCUT2D eigenvalue weighted by Crippen LogP contribution is -2.32. The monoisotopic (exact) mass is 543 g/mol.